The number of hydrogen-bond acceptors (Lipinski definition) is 2. The molecule has 0 amide bonds. The van der Waals surface area contributed by atoms with Crippen molar-refractivity contribution in [3.8, 4) is 0 Å². The molecule has 5 aliphatic rings. The Bertz CT molecular complexity index is 691. The molecule has 0 N–H and O–H groups in total. The molecule has 1 unspecified atom stereocenters. The van der Waals surface area contributed by atoms with Gasteiger partial charge in [0.1, 0.15) is 0 Å². The maximum Gasteiger partial charge on any atom is 0.0617 e. The Kier molecular flexibility index (Phi) is 6.90. The summed E-state index contributed by atoms with van der Waals surface area (Å²) in [5.74, 6) is 9.22. The summed E-state index contributed by atoms with van der Waals surface area (Å²) in [6.45, 7) is 12.9. The third kappa shape index (κ3) is 4.08. The van der Waals surface area contributed by atoms with Gasteiger partial charge in [-0.25, -0.2) is 0 Å². The van der Waals surface area contributed by atoms with Gasteiger partial charge in [0, 0.05) is 0 Å². The molecule has 8 atom stereocenters. The Labute approximate surface area is 208 Å². The summed E-state index contributed by atoms with van der Waals surface area (Å²) in [6.07, 6.45) is 21.8. The van der Waals surface area contributed by atoms with Crippen LogP contribution in [0.1, 0.15) is 105 Å². The highest BCUT2D eigenvalue weighted by atomic mass is 32.2. The summed E-state index contributed by atoms with van der Waals surface area (Å²) in [6, 6.07) is 0. The third-order valence-corrected chi connectivity index (χ3v) is 14.9. The van der Waals surface area contributed by atoms with E-state index >= 15 is 0 Å². The van der Waals surface area contributed by atoms with Crippen molar-refractivity contribution in [2.75, 3.05) is 11.5 Å². The van der Waals surface area contributed by atoms with Gasteiger partial charge in [-0.15, -0.1) is 23.5 Å². The van der Waals surface area contributed by atoms with Crippen molar-refractivity contribution >= 4 is 23.5 Å². The van der Waals surface area contributed by atoms with Gasteiger partial charge >= 0.3 is 0 Å². The fourth-order valence-electron chi connectivity index (χ4n) is 9.46. The SMILES string of the molecule is CC(C)CCC[C@@H](C)[C@H]1CC[C@H]2[C@@H]3C=CC4CC5(CC[C@]4(C)[C@H]3CC[C@]12C)SCCCS5. The van der Waals surface area contributed by atoms with Crippen LogP contribution in [0.4, 0.5) is 0 Å². The zero-order valence-electron chi connectivity index (χ0n) is 21.7. The maximum atomic E-state index is 2.79. The molecule has 0 aromatic carbocycles. The molecule has 0 nitrogen and oxygen atoms in total. The Morgan fingerprint density at radius 1 is 0.844 bits per heavy atom. The molecule has 4 fully saturated rings. The van der Waals surface area contributed by atoms with Crippen molar-refractivity contribution in [3.63, 3.8) is 0 Å². The molecule has 3 saturated carbocycles. The standard InChI is InChI=1S/C30H50S2/c1-21(2)8-6-9-22(3)25-12-13-26-24-11-10-23-20-30(31-18-7-19-32-30)17-16-28(23,4)27(24)14-15-29(25,26)5/h10-11,21-27H,6-9,12-20H2,1-5H3/t22-,23?,24+,25-,26+,27+,28+,29-/m1/s1. The molecule has 1 spiro atoms. The van der Waals surface area contributed by atoms with Crippen LogP contribution in [0.2, 0.25) is 0 Å². The summed E-state index contributed by atoms with van der Waals surface area (Å²) in [5, 5.41) is 0. The number of rotatable bonds is 5. The summed E-state index contributed by atoms with van der Waals surface area (Å²) in [5.41, 5.74) is 1.18. The Morgan fingerprint density at radius 3 is 2.34 bits per heavy atom. The first kappa shape index (κ1) is 24.1. The number of allylic oxidation sites excluding steroid dienone is 2. The predicted molar refractivity (Wildman–Crippen MR) is 145 cm³/mol. The van der Waals surface area contributed by atoms with E-state index < -0.39 is 0 Å². The first-order chi connectivity index (χ1) is 15.3. The lowest BCUT2D eigenvalue weighted by Crippen LogP contribution is -2.53. The minimum absolute atomic E-state index is 0.562. The summed E-state index contributed by atoms with van der Waals surface area (Å²) in [4.78, 5) is 0. The average Bonchev–Trinajstić information content (AvgIpc) is 3.12. The number of thioether (sulfide) groups is 2. The van der Waals surface area contributed by atoms with Gasteiger partial charge in [-0.05, 0) is 115 Å². The minimum atomic E-state index is 0.562. The van der Waals surface area contributed by atoms with Gasteiger partial charge in [-0.1, -0.05) is 66.0 Å². The van der Waals surface area contributed by atoms with Crippen LogP contribution in [-0.4, -0.2) is 15.6 Å². The van der Waals surface area contributed by atoms with E-state index in [4.69, 9.17) is 0 Å². The van der Waals surface area contributed by atoms with Crippen molar-refractivity contribution < 1.29 is 0 Å². The monoisotopic (exact) mass is 474 g/mol. The zero-order chi connectivity index (χ0) is 22.6. The largest absolute Gasteiger partial charge is 0.144 e. The van der Waals surface area contributed by atoms with E-state index in [1.54, 1.807) is 0 Å². The molecule has 2 heteroatoms. The maximum absolute atomic E-state index is 2.79. The van der Waals surface area contributed by atoms with Crippen LogP contribution in [0.3, 0.4) is 0 Å². The molecule has 1 saturated heterocycles. The summed E-state index contributed by atoms with van der Waals surface area (Å²) >= 11 is 4.65. The van der Waals surface area contributed by atoms with Crippen molar-refractivity contribution in [1.29, 1.82) is 0 Å². The highest BCUT2D eigenvalue weighted by Gasteiger charge is 2.60. The number of fused-ring (bicyclic) bond motifs is 5. The third-order valence-electron chi connectivity index (χ3n) is 11.4. The smallest absolute Gasteiger partial charge is 0.0617 e. The van der Waals surface area contributed by atoms with Gasteiger partial charge in [0.25, 0.3) is 0 Å². The van der Waals surface area contributed by atoms with E-state index in [9.17, 15) is 0 Å². The van der Waals surface area contributed by atoms with Gasteiger partial charge in [0.15, 0.2) is 0 Å². The zero-order valence-corrected chi connectivity index (χ0v) is 23.3. The Morgan fingerprint density at radius 2 is 1.59 bits per heavy atom. The van der Waals surface area contributed by atoms with Gasteiger partial charge in [-0.2, -0.15) is 0 Å². The minimum Gasteiger partial charge on any atom is -0.144 e. The van der Waals surface area contributed by atoms with E-state index in [1.807, 2.05) is 0 Å². The molecule has 1 heterocycles. The molecule has 182 valence electrons. The highest BCUT2D eigenvalue weighted by molar-refractivity contribution is 8.18. The molecule has 0 radical (unpaired) electrons. The highest BCUT2D eigenvalue weighted by Crippen LogP contribution is 2.69. The first-order valence-corrected chi connectivity index (χ1v) is 16.2. The normalized spacial score (nSPS) is 46.0. The molecule has 4 aliphatic carbocycles. The quantitative estimate of drug-likeness (QED) is 0.364. The molecule has 5 rings (SSSR count). The van der Waals surface area contributed by atoms with E-state index in [0.717, 1.165) is 41.4 Å². The van der Waals surface area contributed by atoms with E-state index in [2.05, 4.69) is 70.3 Å². The molecule has 0 bridgehead atoms. The van der Waals surface area contributed by atoms with Gasteiger partial charge in [0.2, 0.25) is 0 Å². The Balaban J connectivity index is 1.31. The topological polar surface area (TPSA) is 0 Å². The van der Waals surface area contributed by atoms with Crippen molar-refractivity contribution in [2.24, 2.45) is 52.3 Å². The van der Waals surface area contributed by atoms with Crippen LogP contribution >= 0.6 is 23.5 Å². The fourth-order valence-corrected chi connectivity index (χ4v) is 12.9. The molecule has 0 aromatic heterocycles. The summed E-state index contributed by atoms with van der Waals surface area (Å²) in [7, 11) is 0. The van der Waals surface area contributed by atoms with Crippen molar-refractivity contribution in [1.82, 2.24) is 0 Å². The molecular formula is C30H50S2. The second-order valence-corrected chi connectivity index (χ2v) is 16.7. The van der Waals surface area contributed by atoms with E-state index in [1.165, 1.54) is 82.1 Å². The molecular weight excluding hydrogens is 424 g/mol. The van der Waals surface area contributed by atoms with Crippen molar-refractivity contribution in [2.45, 2.75) is 109 Å². The summed E-state index contributed by atoms with van der Waals surface area (Å²) < 4.78 is 0.562. The number of hydrogen-bond donors (Lipinski definition) is 0. The molecule has 32 heavy (non-hydrogen) atoms. The predicted octanol–water partition coefficient (Wildman–Crippen LogP) is 9.45. The van der Waals surface area contributed by atoms with Crippen LogP contribution < -0.4 is 0 Å². The molecule has 0 aromatic rings. The second-order valence-electron chi connectivity index (χ2n) is 13.5. The van der Waals surface area contributed by atoms with Gasteiger partial charge in [-0.3, -0.25) is 0 Å². The average molecular weight is 475 g/mol. The van der Waals surface area contributed by atoms with Crippen LogP contribution in [0.15, 0.2) is 12.2 Å². The lowest BCUT2D eigenvalue weighted by molar-refractivity contribution is -0.0649. The van der Waals surface area contributed by atoms with Gasteiger partial charge in [0.05, 0.1) is 4.08 Å². The van der Waals surface area contributed by atoms with E-state index in [-0.39, 0.29) is 0 Å². The van der Waals surface area contributed by atoms with Crippen LogP contribution in [-0.2, 0) is 0 Å². The lowest BCUT2D eigenvalue weighted by Gasteiger charge is -2.61. The van der Waals surface area contributed by atoms with Crippen molar-refractivity contribution in [3.05, 3.63) is 12.2 Å². The second kappa shape index (κ2) is 9.15. The lowest BCUT2D eigenvalue weighted by atomic mass is 9.46. The Hall–Kier alpha value is 0.440. The van der Waals surface area contributed by atoms with E-state index in [0.29, 0.717) is 14.9 Å². The van der Waals surface area contributed by atoms with Crippen LogP contribution in [0, 0.1) is 52.3 Å². The first-order valence-electron chi connectivity index (χ1n) is 14.2. The fraction of sp³-hybridized carbons (Fsp3) is 0.933. The molecule has 1 aliphatic heterocycles. The van der Waals surface area contributed by atoms with Crippen LogP contribution in [0.5, 0.6) is 0 Å². The van der Waals surface area contributed by atoms with Crippen LogP contribution in [0.25, 0.3) is 0 Å². The van der Waals surface area contributed by atoms with Gasteiger partial charge < -0.3 is 0 Å².